The zero-order valence-corrected chi connectivity index (χ0v) is 15.7. The van der Waals surface area contributed by atoms with Crippen molar-refractivity contribution >= 4 is 17.8 Å². The normalized spacial score (nSPS) is 27.0. The molecule has 0 spiro atoms. The topological polar surface area (TPSA) is 87.2 Å². The molecular weight excluding hydrogens is 324 g/mol. The number of ether oxygens (including phenoxy) is 1. The first-order chi connectivity index (χ1) is 11.6. The number of hydrogen-bond acceptors (Lipinski definition) is 4. The zero-order chi connectivity index (χ0) is 18.8. The van der Waals surface area contributed by atoms with Gasteiger partial charge in [0, 0.05) is 32.7 Å². The summed E-state index contributed by atoms with van der Waals surface area (Å²) in [5.41, 5.74) is -0.131. The summed E-state index contributed by atoms with van der Waals surface area (Å²) in [5, 5.41) is 9.12. The van der Waals surface area contributed by atoms with Gasteiger partial charge in [0.1, 0.15) is 6.04 Å². The second-order valence-corrected chi connectivity index (χ2v) is 8.32. The summed E-state index contributed by atoms with van der Waals surface area (Å²) in [5.74, 6) is -1.06. The maximum atomic E-state index is 13.1. The van der Waals surface area contributed by atoms with Gasteiger partial charge in [-0.1, -0.05) is 20.8 Å². The van der Waals surface area contributed by atoms with Crippen LogP contribution in [0.1, 0.15) is 52.9 Å². The van der Waals surface area contributed by atoms with E-state index in [4.69, 9.17) is 9.84 Å². The standard InChI is InChI=1S/C18H30N2O5/c1-18(2,3)10-15(21)19-7-5-6-14(19)17(24)20-11-13(25-4)8-12(20)9-16(22)23/h12-14H,5-11H2,1-4H3,(H,22,23). The fraction of sp³-hybridized carbons (Fsp3) is 0.833. The lowest BCUT2D eigenvalue weighted by Gasteiger charge is -2.32. The fourth-order valence-corrected chi connectivity index (χ4v) is 3.78. The first kappa shape index (κ1) is 19.7. The number of likely N-dealkylation sites (tertiary alicyclic amines) is 2. The van der Waals surface area contributed by atoms with E-state index in [9.17, 15) is 14.4 Å². The average Bonchev–Trinajstić information content (AvgIpc) is 3.10. The van der Waals surface area contributed by atoms with E-state index in [0.29, 0.717) is 32.4 Å². The van der Waals surface area contributed by atoms with Crippen LogP contribution in [0, 0.1) is 5.41 Å². The monoisotopic (exact) mass is 354 g/mol. The van der Waals surface area contributed by atoms with Crippen LogP contribution in [0.5, 0.6) is 0 Å². The van der Waals surface area contributed by atoms with Gasteiger partial charge in [-0.05, 0) is 24.7 Å². The van der Waals surface area contributed by atoms with Crippen LogP contribution in [-0.2, 0) is 19.1 Å². The van der Waals surface area contributed by atoms with E-state index in [1.807, 2.05) is 20.8 Å². The molecule has 2 aliphatic rings. The van der Waals surface area contributed by atoms with Crippen molar-refractivity contribution in [3.63, 3.8) is 0 Å². The SMILES string of the molecule is COC1CC(CC(=O)O)N(C(=O)C2CCCN2C(=O)CC(C)(C)C)C1. The van der Waals surface area contributed by atoms with E-state index in [0.717, 1.165) is 6.42 Å². The molecule has 2 rings (SSSR count). The van der Waals surface area contributed by atoms with E-state index in [1.54, 1.807) is 16.9 Å². The molecule has 2 heterocycles. The summed E-state index contributed by atoms with van der Waals surface area (Å²) in [4.78, 5) is 40.1. The minimum atomic E-state index is -0.924. The number of hydrogen-bond donors (Lipinski definition) is 1. The molecule has 0 aromatic rings. The Morgan fingerprint density at radius 3 is 2.44 bits per heavy atom. The van der Waals surface area contributed by atoms with Crippen LogP contribution in [0.15, 0.2) is 0 Å². The summed E-state index contributed by atoms with van der Waals surface area (Å²) in [6.07, 6.45) is 2.13. The van der Waals surface area contributed by atoms with Crippen LogP contribution in [0.25, 0.3) is 0 Å². The highest BCUT2D eigenvalue weighted by Crippen LogP contribution is 2.29. The average molecular weight is 354 g/mol. The molecule has 1 N–H and O–H groups in total. The number of aliphatic carboxylic acids is 1. The lowest BCUT2D eigenvalue weighted by molar-refractivity contribution is -0.147. The lowest BCUT2D eigenvalue weighted by Crippen LogP contribution is -2.50. The van der Waals surface area contributed by atoms with Crippen molar-refractivity contribution in [3.8, 4) is 0 Å². The van der Waals surface area contributed by atoms with Crippen molar-refractivity contribution in [2.24, 2.45) is 5.41 Å². The predicted molar refractivity (Wildman–Crippen MR) is 92.0 cm³/mol. The molecule has 2 aliphatic heterocycles. The van der Waals surface area contributed by atoms with Crippen LogP contribution in [0.4, 0.5) is 0 Å². The number of carboxylic acid groups (broad SMARTS) is 1. The van der Waals surface area contributed by atoms with E-state index >= 15 is 0 Å². The minimum Gasteiger partial charge on any atom is -0.481 e. The minimum absolute atomic E-state index is 0.000577. The Hall–Kier alpha value is -1.63. The summed E-state index contributed by atoms with van der Waals surface area (Å²) in [7, 11) is 1.57. The van der Waals surface area contributed by atoms with Crippen molar-refractivity contribution < 1.29 is 24.2 Å². The molecule has 0 bridgehead atoms. The number of amides is 2. The van der Waals surface area contributed by atoms with E-state index in [2.05, 4.69) is 0 Å². The summed E-state index contributed by atoms with van der Waals surface area (Å²) in [6, 6.07) is -0.836. The molecular formula is C18H30N2O5. The van der Waals surface area contributed by atoms with Crippen LogP contribution < -0.4 is 0 Å². The Morgan fingerprint density at radius 1 is 1.20 bits per heavy atom. The number of methoxy groups -OCH3 is 1. The molecule has 3 unspecified atom stereocenters. The molecule has 7 nitrogen and oxygen atoms in total. The third-order valence-electron chi connectivity index (χ3n) is 4.94. The molecule has 2 amide bonds. The van der Waals surface area contributed by atoms with Gasteiger partial charge in [0.2, 0.25) is 11.8 Å². The maximum Gasteiger partial charge on any atom is 0.305 e. The smallest absolute Gasteiger partial charge is 0.305 e. The quantitative estimate of drug-likeness (QED) is 0.808. The van der Waals surface area contributed by atoms with E-state index in [-0.39, 0.29) is 35.8 Å². The van der Waals surface area contributed by atoms with Gasteiger partial charge in [0.25, 0.3) is 0 Å². The predicted octanol–water partition coefficient (Wildman–Crippen LogP) is 1.50. The van der Waals surface area contributed by atoms with Crippen molar-refractivity contribution in [1.82, 2.24) is 9.80 Å². The largest absolute Gasteiger partial charge is 0.481 e. The maximum absolute atomic E-state index is 13.1. The van der Waals surface area contributed by atoms with Crippen LogP contribution >= 0.6 is 0 Å². The van der Waals surface area contributed by atoms with Crippen LogP contribution in [-0.4, -0.2) is 71.1 Å². The molecule has 0 aromatic carbocycles. The second kappa shape index (κ2) is 7.72. The molecule has 3 atom stereocenters. The highest BCUT2D eigenvalue weighted by Gasteiger charge is 2.43. The van der Waals surface area contributed by atoms with Gasteiger partial charge in [-0.3, -0.25) is 14.4 Å². The number of nitrogens with zero attached hydrogens (tertiary/aromatic N) is 2. The summed E-state index contributed by atoms with van der Waals surface area (Å²) >= 11 is 0. The first-order valence-corrected chi connectivity index (χ1v) is 8.97. The summed E-state index contributed by atoms with van der Waals surface area (Å²) in [6.45, 7) is 7.00. The first-order valence-electron chi connectivity index (χ1n) is 8.97. The van der Waals surface area contributed by atoms with Crippen LogP contribution in [0.2, 0.25) is 0 Å². The van der Waals surface area contributed by atoms with E-state index in [1.165, 1.54) is 0 Å². The van der Waals surface area contributed by atoms with Gasteiger partial charge >= 0.3 is 5.97 Å². The van der Waals surface area contributed by atoms with Crippen molar-refractivity contribution in [1.29, 1.82) is 0 Å². The Balaban J connectivity index is 2.11. The third kappa shape index (κ3) is 4.93. The number of carbonyl (C=O) groups excluding carboxylic acids is 2. The zero-order valence-electron chi connectivity index (χ0n) is 15.7. The highest BCUT2D eigenvalue weighted by atomic mass is 16.5. The number of rotatable bonds is 5. The number of carboxylic acids is 1. The molecule has 25 heavy (non-hydrogen) atoms. The Morgan fingerprint density at radius 2 is 1.88 bits per heavy atom. The van der Waals surface area contributed by atoms with Crippen molar-refractivity contribution in [3.05, 3.63) is 0 Å². The van der Waals surface area contributed by atoms with Crippen molar-refractivity contribution in [2.75, 3.05) is 20.2 Å². The van der Waals surface area contributed by atoms with Gasteiger partial charge in [0.15, 0.2) is 0 Å². The Labute approximate surface area is 149 Å². The van der Waals surface area contributed by atoms with Gasteiger partial charge in [-0.25, -0.2) is 0 Å². The molecule has 0 aromatic heterocycles. The molecule has 7 heteroatoms. The fourth-order valence-electron chi connectivity index (χ4n) is 3.78. The van der Waals surface area contributed by atoms with Gasteiger partial charge in [0.05, 0.1) is 12.5 Å². The van der Waals surface area contributed by atoms with Gasteiger partial charge < -0.3 is 19.6 Å². The Kier molecular flexibility index (Phi) is 6.08. The summed E-state index contributed by atoms with van der Waals surface area (Å²) < 4.78 is 5.34. The number of carbonyl (C=O) groups is 3. The van der Waals surface area contributed by atoms with E-state index < -0.39 is 12.0 Å². The van der Waals surface area contributed by atoms with Crippen molar-refractivity contribution in [2.45, 2.75) is 71.1 Å². The van der Waals surface area contributed by atoms with Crippen LogP contribution in [0.3, 0.4) is 0 Å². The molecule has 2 saturated heterocycles. The van der Waals surface area contributed by atoms with Gasteiger partial charge in [-0.2, -0.15) is 0 Å². The third-order valence-corrected chi connectivity index (χ3v) is 4.94. The molecule has 0 aliphatic carbocycles. The molecule has 142 valence electrons. The van der Waals surface area contributed by atoms with Gasteiger partial charge in [-0.15, -0.1) is 0 Å². The lowest BCUT2D eigenvalue weighted by atomic mass is 9.91. The molecule has 2 fully saturated rings. The molecule has 0 radical (unpaired) electrons. The second-order valence-electron chi connectivity index (χ2n) is 8.32. The molecule has 0 saturated carbocycles. The Bertz CT molecular complexity index is 528. The highest BCUT2D eigenvalue weighted by molar-refractivity contribution is 5.89.